The number of nitrogens with one attached hydrogen (secondary N) is 1. The largest absolute Gasteiger partial charge is 0.356 e. The Morgan fingerprint density at radius 1 is 1.09 bits per heavy atom. The maximum atomic E-state index is 12.8. The van der Waals surface area contributed by atoms with Crippen molar-refractivity contribution in [2.45, 2.75) is 51.4 Å². The van der Waals surface area contributed by atoms with Gasteiger partial charge < -0.3 is 5.32 Å². The van der Waals surface area contributed by atoms with Gasteiger partial charge in [0.25, 0.3) is 0 Å². The molecule has 1 aromatic rings. The van der Waals surface area contributed by atoms with Gasteiger partial charge in [0, 0.05) is 24.9 Å². The number of carbonyl (C=O) groups excluding carboxylic acids is 2. The first kappa shape index (κ1) is 17.4. The maximum Gasteiger partial charge on any atom is 0.220 e. The molecule has 0 heterocycles. The molecule has 0 spiro atoms. The van der Waals surface area contributed by atoms with E-state index >= 15 is 0 Å². The van der Waals surface area contributed by atoms with E-state index in [1.165, 1.54) is 42.7 Å². The summed E-state index contributed by atoms with van der Waals surface area (Å²) in [4.78, 5) is 23.7. The van der Waals surface area contributed by atoms with Crippen molar-refractivity contribution in [2.75, 3.05) is 6.54 Å². The van der Waals surface area contributed by atoms with Crippen LogP contribution in [0.25, 0.3) is 0 Å². The van der Waals surface area contributed by atoms with Crippen LogP contribution in [0.2, 0.25) is 0 Å². The number of amides is 1. The molecule has 124 valence electrons. The summed E-state index contributed by atoms with van der Waals surface area (Å²) in [5.41, 5.74) is 1.94. The molecular weight excluding hydrogens is 293 g/mol. The van der Waals surface area contributed by atoms with Crippen molar-refractivity contribution in [3.05, 3.63) is 47.3 Å². The molecule has 0 bridgehead atoms. The maximum absolute atomic E-state index is 12.8. The Balaban J connectivity index is 1.59. The predicted molar refractivity (Wildman–Crippen MR) is 88.8 cm³/mol. The number of rotatable bonds is 8. The fourth-order valence-electron chi connectivity index (χ4n) is 2.77. The molecule has 4 heteroatoms. The molecule has 0 aromatic heterocycles. The summed E-state index contributed by atoms with van der Waals surface area (Å²) in [6.07, 6.45) is 9.25. The predicted octanol–water partition coefficient (Wildman–Crippen LogP) is 4.19. The second-order valence-electron chi connectivity index (χ2n) is 5.99. The number of hydrogen-bond donors (Lipinski definition) is 1. The van der Waals surface area contributed by atoms with Gasteiger partial charge in [-0.15, -0.1) is 0 Å². The minimum Gasteiger partial charge on any atom is -0.356 e. The van der Waals surface area contributed by atoms with Crippen LogP contribution in [0.15, 0.2) is 35.9 Å². The number of benzene rings is 1. The Labute approximate surface area is 137 Å². The number of Topliss-reactive ketones (excluding diaryl/α,β-unsaturated/α-hetero) is 1. The van der Waals surface area contributed by atoms with Crippen LogP contribution in [0, 0.1) is 5.82 Å². The summed E-state index contributed by atoms with van der Waals surface area (Å²) >= 11 is 0. The number of carbonyl (C=O) groups is 2. The quantitative estimate of drug-likeness (QED) is 0.577. The van der Waals surface area contributed by atoms with Crippen LogP contribution in [0.4, 0.5) is 4.39 Å². The van der Waals surface area contributed by atoms with E-state index in [0.29, 0.717) is 31.4 Å². The Morgan fingerprint density at radius 3 is 2.57 bits per heavy atom. The summed E-state index contributed by atoms with van der Waals surface area (Å²) < 4.78 is 12.8. The standard InChI is InChI=1S/C19H24FNO2/c20-17-11-9-16(10-12-17)18(22)7-4-8-19(23)21-14-13-15-5-2-1-3-6-15/h5,9-12H,1-4,6-8,13-14H2,(H,21,23). The second-order valence-corrected chi connectivity index (χ2v) is 5.99. The van der Waals surface area contributed by atoms with Gasteiger partial charge in [0.2, 0.25) is 5.91 Å². The first-order valence-electron chi connectivity index (χ1n) is 8.38. The average Bonchev–Trinajstić information content (AvgIpc) is 2.56. The lowest BCUT2D eigenvalue weighted by molar-refractivity contribution is -0.121. The lowest BCUT2D eigenvalue weighted by atomic mass is 9.97. The summed E-state index contributed by atoms with van der Waals surface area (Å²) in [5.74, 6) is -0.410. The van der Waals surface area contributed by atoms with Crippen molar-refractivity contribution in [3.8, 4) is 0 Å². The zero-order valence-electron chi connectivity index (χ0n) is 13.4. The van der Waals surface area contributed by atoms with E-state index in [9.17, 15) is 14.0 Å². The van der Waals surface area contributed by atoms with Crippen LogP contribution in [0.1, 0.15) is 61.7 Å². The minimum absolute atomic E-state index is 0.00619. The van der Waals surface area contributed by atoms with Gasteiger partial charge in [-0.05, 0) is 62.8 Å². The molecule has 1 N–H and O–H groups in total. The fraction of sp³-hybridized carbons (Fsp3) is 0.474. The molecule has 0 saturated heterocycles. The van der Waals surface area contributed by atoms with Crippen molar-refractivity contribution >= 4 is 11.7 Å². The number of hydrogen-bond acceptors (Lipinski definition) is 2. The summed E-state index contributed by atoms with van der Waals surface area (Å²) in [7, 11) is 0. The molecule has 1 aliphatic rings. The van der Waals surface area contributed by atoms with Gasteiger partial charge in [0.05, 0.1) is 0 Å². The highest BCUT2D eigenvalue weighted by Crippen LogP contribution is 2.19. The normalized spacial score (nSPS) is 14.2. The first-order chi connectivity index (χ1) is 11.1. The topological polar surface area (TPSA) is 46.2 Å². The van der Waals surface area contributed by atoms with Crippen molar-refractivity contribution in [2.24, 2.45) is 0 Å². The van der Waals surface area contributed by atoms with Gasteiger partial charge in [-0.25, -0.2) is 4.39 Å². The molecule has 0 radical (unpaired) electrons. The highest BCUT2D eigenvalue weighted by molar-refractivity contribution is 5.96. The second kappa shape index (κ2) is 9.23. The fourth-order valence-corrected chi connectivity index (χ4v) is 2.77. The summed E-state index contributed by atoms with van der Waals surface area (Å²) in [5, 5.41) is 2.91. The summed E-state index contributed by atoms with van der Waals surface area (Å²) in [6, 6.07) is 5.52. The van der Waals surface area contributed by atoms with Gasteiger partial charge >= 0.3 is 0 Å². The molecule has 0 saturated carbocycles. The van der Waals surface area contributed by atoms with Crippen LogP contribution in [-0.2, 0) is 4.79 Å². The smallest absolute Gasteiger partial charge is 0.220 e. The monoisotopic (exact) mass is 317 g/mol. The van der Waals surface area contributed by atoms with E-state index in [4.69, 9.17) is 0 Å². The van der Waals surface area contributed by atoms with E-state index in [0.717, 1.165) is 19.3 Å². The van der Waals surface area contributed by atoms with Crippen molar-refractivity contribution in [3.63, 3.8) is 0 Å². The first-order valence-corrected chi connectivity index (χ1v) is 8.38. The van der Waals surface area contributed by atoms with Crippen LogP contribution in [0.5, 0.6) is 0 Å². The highest BCUT2D eigenvalue weighted by atomic mass is 19.1. The van der Waals surface area contributed by atoms with Gasteiger partial charge in [-0.1, -0.05) is 11.6 Å². The van der Waals surface area contributed by atoms with Crippen molar-refractivity contribution in [1.29, 1.82) is 0 Å². The number of allylic oxidation sites excluding steroid dienone is 1. The molecule has 0 fully saturated rings. The van der Waals surface area contributed by atoms with Crippen LogP contribution in [-0.4, -0.2) is 18.2 Å². The zero-order valence-corrected chi connectivity index (χ0v) is 13.4. The van der Waals surface area contributed by atoms with Crippen LogP contribution in [0.3, 0.4) is 0 Å². The molecule has 0 atom stereocenters. The Hall–Kier alpha value is -1.97. The molecule has 1 amide bonds. The Morgan fingerprint density at radius 2 is 1.87 bits per heavy atom. The van der Waals surface area contributed by atoms with E-state index in [1.807, 2.05) is 0 Å². The highest BCUT2D eigenvalue weighted by Gasteiger charge is 2.08. The SMILES string of the molecule is O=C(CCCC(=O)c1ccc(F)cc1)NCCC1=CCCCC1. The molecule has 2 rings (SSSR count). The van der Waals surface area contributed by atoms with E-state index in [-0.39, 0.29) is 17.5 Å². The van der Waals surface area contributed by atoms with Gasteiger partial charge in [0.15, 0.2) is 5.78 Å². The summed E-state index contributed by atoms with van der Waals surface area (Å²) in [6.45, 7) is 0.677. The number of halogens is 1. The molecule has 1 aliphatic carbocycles. The molecule has 1 aromatic carbocycles. The minimum atomic E-state index is -0.353. The van der Waals surface area contributed by atoms with Crippen LogP contribution < -0.4 is 5.32 Å². The van der Waals surface area contributed by atoms with E-state index < -0.39 is 0 Å². The Bertz CT molecular complexity index is 563. The molecule has 0 unspecified atom stereocenters. The lowest BCUT2D eigenvalue weighted by Crippen LogP contribution is -2.24. The third kappa shape index (κ3) is 6.35. The van der Waals surface area contributed by atoms with E-state index in [1.54, 1.807) is 0 Å². The Kier molecular flexibility index (Phi) is 6.98. The van der Waals surface area contributed by atoms with Crippen molar-refractivity contribution in [1.82, 2.24) is 5.32 Å². The average molecular weight is 317 g/mol. The van der Waals surface area contributed by atoms with Gasteiger partial charge in [0.1, 0.15) is 5.82 Å². The van der Waals surface area contributed by atoms with Gasteiger partial charge in [-0.2, -0.15) is 0 Å². The molecule has 0 aliphatic heterocycles. The van der Waals surface area contributed by atoms with E-state index in [2.05, 4.69) is 11.4 Å². The lowest BCUT2D eigenvalue weighted by Gasteiger charge is -2.12. The van der Waals surface area contributed by atoms with Gasteiger partial charge in [-0.3, -0.25) is 9.59 Å². The molecule has 23 heavy (non-hydrogen) atoms. The third-order valence-corrected chi connectivity index (χ3v) is 4.13. The number of ketones is 1. The third-order valence-electron chi connectivity index (χ3n) is 4.13. The van der Waals surface area contributed by atoms with Crippen molar-refractivity contribution < 1.29 is 14.0 Å². The zero-order chi connectivity index (χ0) is 16.5. The molecular formula is C19H24FNO2. The molecule has 3 nitrogen and oxygen atoms in total. The van der Waals surface area contributed by atoms with Crippen LogP contribution >= 0.6 is 0 Å².